The molecule has 0 fully saturated rings. The van der Waals surface area contributed by atoms with Gasteiger partial charge in [0.2, 0.25) is 0 Å². The fraction of sp³-hybridized carbons (Fsp3) is 0.145. The first-order valence-electron chi connectivity index (χ1n) is 20.7. The summed E-state index contributed by atoms with van der Waals surface area (Å²) in [5, 5.41) is 7.63. The summed E-state index contributed by atoms with van der Waals surface area (Å²) >= 11 is 0. The third kappa shape index (κ3) is 5.85. The van der Waals surface area contributed by atoms with Gasteiger partial charge in [0.05, 0.1) is 11.0 Å². The number of aromatic nitrogens is 4. The molecule has 10 aromatic rings. The van der Waals surface area contributed by atoms with E-state index >= 15 is 0 Å². The van der Waals surface area contributed by atoms with Crippen LogP contribution in [0.4, 0.5) is 0 Å². The number of fused-ring (bicyclic) bond motifs is 7. The second-order valence-electron chi connectivity index (χ2n) is 17.5. The summed E-state index contributed by atoms with van der Waals surface area (Å²) in [6.45, 7) is 9.66. The van der Waals surface area contributed by atoms with Gasteiger partial charge in [-0.1, -0.05) is 155 Å². The van der Waals surface area contributed by atoms with E-state index in [1.165, 1.54) is 72.9 Å². The van der Waals surface area contributed by atoms with Gasteiger partial charge in [0.1, 0.15) is 0 Å². The van der Waals surface area contributed by atoms with Gasteiger partial charge in [0, 0.05) is 33.2 Å². The van der Waals surface area contributed by atoms with Crippen molar-refractivity contribution in [1.29, 1.82) is 0 Å². The minimum Gasteiger partial charge on any atom is -0.309 e. The minimum absolute atomic E-state index is 0.0926. The molecular weight excluding hydrogens is 717 g/mol. The fourth-order valence-electron chi connectivity index (χ4n) is 9.51. The normalized spacial score (nSPS) is 14.6. The van der Waals surface area contributed by atoms with Gasteiger partial charge in [-0.2, -0.15) is 0 Å². The molecule has 4 heteroatoms. The van der Waals surface area contributed by atoms with Crippen molar-refractivity contribution in [2.75, 3.05) is 0 Å². The zero-order valence-corrected chi connectivity index (χ0v) is 33.9. The van der Waals surface area contributed by atoms with Crippen molar-refractivity contribution in [1.82, 2.24) is 19.5 Å². The van der Waals surface area contributed by atoms with Crippen LogP contribution in [0.15, 0.2) is 170 Å². The molecule has 0 aliphatic heterocycles. The highest BCUT2D eigenvalue weighted by Crippen LogP contribution is 2.49. The molecule has 59 heavy (non-hydrogen) atoms. The average Bonchev–Trinajstić information content (AvgIpc) is 3.62. The molecular formula is C55H44N4. The molecule has 0 radical (unpaired) electrons. The van der Waals surface area contributed by atoms with Crippen LogP contribution >= 0.6 is 0 Å². The van der Waals surface area contributed by atoms with Gasteiger partial charge >= 0.3 is 0 Å². The minimum atomic E-state index is 0.0926. The number of nitrogens with zero attached hydrogens (tertiary/aromatic N) is 4. The lowest BCUT2D eigenvalue weighted by Gasteiger charge is -2.42. The summed E-state index contributed by atoms with van der Waals surface area (Å²) in [5.74, 6) is 1.94. The van der Waals surface area contributed by atoms with Crippen molar-refractivity contribution >= 4 is 43.4 Å². The Morgan fingerprint density at radius 3 is 1.58 bits per heavy atom. The zero-order valence-electron chi connectivity index (χ0n) is 33.9. The molecule has 4 nitrogen and oxygen atoms in total. The van der Waals surface area contributed by atoms with E-state index in [1.807, 2.05) is 18.2 Å². The van der Waals surface area contributed by atoms with Crippen molar-refractivity contribution in [3.63, 3.8) is 0 Å². The predicted octanol–water partition coefficient (Wildman–Crippen LogP) is 14.3. The summed E-state index contributed by atoms with van der Waals surface area (Å²) in [6, 6.07) is 61.0. The standard InChI is InChI=1S/C55H44N4/c1-54(2)31-32-55(3,4)47-34-49-45(33-46(47)54)50-44-19-11-9-14-36(44)27-30-48(50)59(49)41-28-25-40(26-29-41)53-57-51(38-15-6-5-7-16-38)56-52(58-53)39-23-21-37(22-24-39)43-20-12-17-35-13-8-10-18-42(35)43/h5-30,33-34H,31-32H2,1-4H3. The maximum absolute atomic E-state index is 5.13. The summed E-state index contributed by atoms with van der Waals surface area (Å²) in [6.07, 6.45) is 2.35. The average molecular weight is 761 g/mol. The van der Waals surface area contributed by atoms with E-state index in [4.69, 9.17) is 15.0 Å². The number of hydrogen-bond acceptors (Lipinski definition) is 3. The van der Waals surface area contributed by atoms with E-state index in [9.17, 15) is 0 Å². The van der Waals surface area contributed by atoms with Gasteiger partial charge in [0.15, 0.2) is 17.5 Å². The number of rotatable bonds is 5. The molecule has 0 atom stereocenters. The second-order valence-corrected chi connectivity index (χ2v) is 17.5. The third-order valence-corrected chi connectivity index (χ3v) is 12.9. The van der Waals surface area contributed by atoms with Crippen LogP contribution in [0, 0.1) is 0 Å². The van der Waals surface area contributed by atoms with Gasteiger partial charge < -0.3 is 4.57 Å². The van der Waals surface area contributed by atoms with Crippen molar-refractivity contribution in [2.24, 2.45) is 0 Å². The highest BCUT2D eigenvalue weighted by molar-refractivity contribution is 6.21. The second kappa shape index (κ2) is 13.3. The van der Waals surface area contributed by atoms with Crippen LogP contribution in [0.3, 0.4) is 0 Å². The van der Waals surface area contributed by atoms with E-state index in [1.54, 1.807) is 0 Å². The Morgan fingerprint density at radius 2 is 0.915 bits per heavy atom. The zero-order chi connectivity index (χ0) is 39.9. The number of benzene rings is 8. The molecule has 2 aromatic heterocycles. The topological polar surface area (TPSA) is 43.6 Å². The van der Waals surface area contributed by atoms with Crippen LogP contribution < -0.4 is 0 Å². The van der Waals surface area contributed by atoms with Crippen LogP contribution in [0.5, 0.6) is 0 Å². The lowest BCUT2D eigenvalue weighted by Crippen LogP contribution is -2.33. The van der Waals surface area contributed by atoms with E-state index in [0.29, 0.717) is 17.5 Å². The molecule has 1 aliphatic carbocycles. The Hall–Kier alpha value is -6.91. The van der Waals surface area contributed by atoms with Gasteiger partial charge in [-0.3, -0.25) is 0 Å². The van der Waals surface area contributed by atoms with Gasteiger partial charge in [0.25, 0.3) is 0 Å². The Labute approximate surface area is 344 Å². The van der Waals surface area contributed by atoms with Crippen LogP contribution in [-0.4, -0.2) is 19.5 Å². The lowest BCUT2D eigenvalue weighted by molar-refractivity contribution is 0.332. The van der Waals surface area contributed by atoms with Crippen molar-refractivity contribution < 1.29 is 0 Å². The number of hydrogen-bond donors (Lipinski definition) is 0. The molecule has 1 aliphatic rings. The first-order valence-corrected chi connectivity index (χ1v) is 20.7. The highest BCUT2D eigenvalue weighted by atomic mass is 15.0. The summed E-state index contributed by atoms with van der Waals surface area (Å²) in [4.78, 5) is 15.2. The molecule has 0 saturated heterocycles. The summed E-state index contributed by atoms with van der Waals surface area (Å²) < 4.78 is 2.46. The Bertz CT molecular complexity index is 3240. The van der Waals surface area contributed by atoms with Crippen LogP contribution in [0.1, 0.15) is 51.7 Å². The van der Waals surface area contributed by atoms with Crippen molar-refractivity contribution in [2.45, 2.75) is 51.4 Å². The molecule has 0 N–H and O–H groups in total. The van der Waals surface area contributed by atoms with Crippen molar-refractivity contribution in [3.8, 4) is 51.0 Å². The molecule has 0 unspecified atom stereocenters. The van der Waals surface area contributed by atoms with E-state index in [-0.39, 0.29) is 10.8 Å². The summed E-state index contributed by atoms with van der Waals surface area (Å²) in [7, 11) is 0. The molecule has 2 heterocycles. The molecule has 284 valence electrons. The smallest absolute Gasteiger partial charge is 0.164 e. The molecule has 0 spiro atoms. The first kappa shape index (κ1) is 35.3. The van der Waals surface area contributed by atoms with Crippen LogP contribution in [0.25, 0.3) is 94.3 Å². The largest absolute Gasteiger partial charge is 0.309 e. The van der Waals surface area contributed by atoms with Gasteiger partial charge in [-0.05, 0) is 110 Å². The SMILES string of the molecule is CC1(C)CCC(C)(C)c2cc3c(cc21)c1c2ccccc2ccc1n3-c1ccc(-c2nc(-c3ccccc3)nc(-c3ccc(-c4cccc5ccccc45)cc3)n2)cc1. The Morgan fingerprint density at radius 1 is 0.407 bits per heavy atom. The quantitative estimate of drug-likeness (QED) is 0.175. The monoisotopic (exact) mass is 760 g/mol. The molecule has 0 bridgehead atoms. The molecule has 8 aromatic carbocycles. The predicted molar refractivity (Wildman–Crippen MR) is 246 cm³/mol. The maximum atomic E-state index is 5.13. The summed E-state index contributed by atoms with van der Waals surface area (Å²) in [5.41, 5.74) is 11.9. The first-order chi connectivity index (χ1) is 28.7. The van der Waals surface area contributed by atoms with E-state index in [0.717, 1.165) is 27.9 Å². The molecule has 0 amide bonds. The molecule has 0 saturated carbocycles. The van der Waals surface area contributed by atoms with E-state index < -0.39 is 0 Å². The highest BCUT2D eigenvalue weighted by Gasteiger charge is 2.38. The molecule has 11 rings (SSSR count). The Balaban J connectivity index is 1.05. The Kier molecular flexibility index (Phi) is 7.96. The van der Waals surface area contributed by atoms with E-state index in [2.05, 4.69) is 184 Å². The maximum Gasteiger partial charge on any atom is 0.164 e. The fourth-order valence-corrected chi connectivity index (χ4v) is 9.51. The van der Waals surface area contributed by atoms with Crippen LogP contribution in [0.2, 0.25) is 0 Å². The van der Waals surface area contributed by atoms with Gasteiger partial charge in [-0.25, -0.2) is 15.0 Å². The lowest BCUT2D eigenvalue weighted by atomic mass is 9.63. The van der Waals surface area contributed by atoms with Crippen LogP contribution in [-0.2, 0) is 10.8 Å². The van der Waals surface area contributed by atoms with Gasteiger partial charge in [-0.15, -0.1) is 0 Å². The van der Waals surface area contributed by atoms with Crippen molar-refractivity contribution in [3.05, 3.63) is 181 Å². The third-order valence-electron chi connectivity index (χ3n) is 12.9.